The zero-order chi connectivity index (χ0) is 17.3. The Morgan fingerprint density at radius 1 is 1.46 bits per heavy atom. The Morgan fingerprint density at radius 3 is 3.00 bits per heavy atom. The van der Waals surface area contributed by atoms with Crippen molar-refractivity contribution < 1.29 is 24.2 Å². The molecule has 0 saturated carbocycles. The first-order valence-corrected chi connectivity index (χ1v) is 8.56. The van der Waals surface area contributed by atoms with E-state index >= 15 is 0 Å². The fourth-order valence-electron chi connectivity index (χ4n) is 2.75. The third-order valence-electron chi connectivity index (χ3n) is 3.99. The van der Waals surface area contributed by atoms with Crippen molar-refractivity contribution in [3.63, 3.8) is 0 Å². The summed E-state index contributed by atoms with van der Waals surface area (Å²) in [4.78, 5) is 37.8. The summed E-state index contributed by atoms with van der Waals surface area (Å²) in [5.41, 5.74) is 1.12. The summed E-state index contributed by atoms with van der Waals surface area (Å²) in [5, 5.41) is 11.5. The van der Waals surface area contributed by atoms with E-state index in [2.05, 4.69) is 5.32 Å². The molecule has 1 saturated heterocycles. The first kappa shape index (κ1) is 16.8. The molecule has 2 aliphatic rings. The number of fused-ring (bicyclic) bond motifs is 1. The maximum Gasteiger partial charge on any atom is 0.306 e. The van der Waals surface area contributed by atoms with Gasteiger partial charge in [-0.2, -0.15) is 0 Å². The number of aliphatic carboxylic acids is 1. The Balaban J connectivity index is 1.74. The molecule has 2 unspecified atom stereocenters. The third-order valence-corrected chi connectivity index (χ3v) is 5.16. The molecule has 2 aliphatic heterocycles. The van der Waals surface area contributed by atoms with Crippen molar-refractivity contribution in [2.24, 2.45) is 0 Å². The highest BCUT2D eigenvalue weighted by molar-refractivity contribution is 8.00. The van der Waals surface area contributed by atoms with E-state index < -0.39 is 12.1 Å². The number of rotatable bonds is 3. The predicted octanol–water partition coefficient (Wildman–Crippen LogP) is 1.43. The van der Waals surface area contributed by atoms with Crippen LogP contribution in [0.25, 0.3) is 0 Å². The number of thioether (sulfide) groups is 1. The quantitative estimate of drug-likeness (QED) is 0.856. The van der Waals surface area contributed by atoms with Gasteiger partial charge in [-0.1, -0.05) is 0 Å². The van der Waals surface area contributed by atoms with Crippen LogP contribution >= 0.6 is 11.8 Å². The van der Waals surface area contributed by atoms with Gasteiger partial charge >= 0.3 is 5.97 Å². The van der Waals surface area contributed by atoms with Gasteiger partial charge in [-0.25, -0.2) is 0 Å². The number of carboxylic acid groups (broad SMARTS) is 1. The first-order chi connectivity index (χ1) is 11.4. The lowest BCUT2D eigenvalue weighted by atomic mass is 10.1. The van der Waals surface area contributed by atoms with Gasteiger partial charge in [0.2, 0.25) is 5.91 Å². The molecule has 1 fully saturated rings. The van der Waals surface area contributed by atoms with E-state index in [4.69, 9.17) is 9.84 Å². The van der Waals surface area contributed by atoms with E-state index in [-0.39, 0.29) is 30.0 Å². The molecule has 8 heteroatoms. The van der Waals surface area contributed by atoms with Crippen LogP contribution in [0.15, 0.2) is 23.1 Å². The van der Waals surface area contributed by atoms with Gasteiger partial charge in [0.15, 0.2) is 0 Å². The lowest BCUT2D eigenvalue weighted by molar-refractivity contribution is -0.141. The lowest BCUT2D eigenvalue weighted by Crippen LogP contribution is -2.46. The Kier molecular flexibility index (Phi) is 4.77. The van der Waals surface area contributed by atoms with Gasteiger partial charge in [0.05, 0.1) is 30.1 Å². The Labute approximate surface area is 143 Å². The minimum Gasteiger partial charge on any atom is -0.481 e. The number of ether oxygens (including phenoxy) is 1. The zero-order valence-electron chi connectivity index (χ0n) is 13.2. The van der Waals surface area contributed by atoms with Crippen LogP contribution in [0.2, 0.25) is 0 Å². The molecule has 3 rings (SSSR count). The molecule has 0 aliphatic carbocycles. The molecular formula is C16H18N2O5S. The van der Waals surface area contributed by atoms with Crippen molar-refractivity contribution in [3.05, 3.63) is 23.8 Å². The number of morpholine rings is 1. The largest absolute Gasteiger partial charge is 0.481 e. The van der Waals surface area contributed by atoms with Gasteiger partial charge in [-0.3, -0.25) is 14.4 Å². The maximum absolute atomic E-state index is 12.7. The van der Waals surface area contributed by atoms with Crippen molar-refractivity contribution in [1.29, 1.82) is 0 Å². The third kappa shape index (κ3) is 3.54. The van der Waals surface area contributed by atoms with Crippen LogP contribution < -0.4 is 5.32 Å². The smallest absolute Gasteiger partial charge is 0.306 e. The molecule has 0 spiro atoms. The van der Waals surface area contributed by atoms with Gasteiger partial charge in [0.25, 0.3) is 5.91 Å². The van der Waals surface area contributed by atoms with Crippen LogP contribution in [0.4, 0.5) is 5.69 Å². The number of hydrogen-bond acceptors (Lipinski definition) is 5. The van der Waals surface area contributed by atoms with Crippen LogP contribution in [0, 0.1) is 0 Å². The summed E-state index contributed by atoms with van der Waals surface area (Å²) in [6.45, 7) is 2.82. The molecule has 24 heavy (non-hydrogen) atoms. The standard InChI is InChI=1S/C16H18N2O5S/c1-9-15(21)17-12-6-10(2-3-13(12)24-9)16(22)18-4-5-23-11(8-18)7-14(19)20/h2-3,6,9,11H,4-5,7-8H2,1H3,(H,17,21)(H,19,20). The number of anilines is 1. The molecule has 2 amide bonds. The van der Waals surface area contributed by atoms with Gasteiger partial charge in [0, 0.05) is 23.5 Å². The highest BCUT2D eigenvalue weighted by Gasteiger charge is 2.28. The van der Waals surface area contributed by atoms with Gasteiger partial charge in [0.1, 0.15) is 0 Å². The second-order valence-electron chi connectivity index (χ2n) is 5.80. The van der Waals surface area contributed by atoms with Crippen molar-refractivity contribution in [2.75, 3.05) is 25.0 Å². The van der Waals surface area contributed by atoms with E-state index in [0.29, 0.717) is 24.4 Å². The van der Waals surface area contributed by atoms with E-state index in [0.717, 1.165) is 4.90 Å². The molecular weight excluding hydrogens is 332 g/mol. The molecule has 0 aromatic heterocycles. The number of nitrogens with zero attached hydrogens (tertiary/aromatic N) is 1. The number of carbonyl (C=O) groups excluding carboxylic acids is 2. The molecule has 1 aromatic rings. The molecule has 1 aromatic carbocycles. The van der Waals surface area contributed by atoms with Crippen LogP contribution in [0.3, 0.4) is 0 Å². The molecule has 0 bridgehead atoms. The van der Waals surface area contributed by atoms with Crippen LogP contribution in [-0.4, -0.2) is 58.8 Å². The maximum atomic E-state index is 12.7. The van der Waals surface area contributed by atoms with Crippen molar-refractivity contribution in [3.8, 4) is 0 Å². The average Bonchev–Trinajstić information content (AvgIpc) is 2.54. The number of amides is 2. The normalized spacial score (nSPS) is 23.4. The van der Waals surface area contributed by atoms with Crippen LogP contribution in [0.1, 0.15) is 23.7 Å². The van der Waals surface area contributed by atoms with Crippen LogP contribution in [0.5, 0.6) is 0 Å². The summed E-state index contributed by atoms with van der Waals surface area (Å²) in [6, 6.07) is 5.24. The lowest BCUT2D eigenvalue weighted by Gasteiger charge is -2.32. The van der Waals surface area contributed by atoms with E-state index in [1.165, 1.54) is 11.8 Å². The predicted molar refractivity (Wildman–Crippen MR) is 88.3 cm³/mol. The molecule has 0 radical (unpaired) electrons. The number of nitrogens with one attached hydrogen (secondary N) is 1. The van der Waals surface area contributed by atoms with Gasteiger partial charge < -0.3 is 20.1 Å². The average molecular weight is 350 g/mol. The van der Waals surface area contributed by atoms with Crippen LogP contribution in [-0.2, 0) is 14.3 Å². The van der Waals surface area contributed by atoms with E-state index in [9.17, 15) is 14.4 Å². The SMILES string of the molecule is CC1Sc2ccc(C(=O)N3CCOC(CC(=O)O)C3)cc2NC1=O. The Bertz CT molecular complexity index is 693. The second kappa shape index (κ2) is 6.82. The monoisotopic (exact) mass is 350 g/mol. The summed E-state index contributed by atoms with van der Waals surface area (Å²) in [5.74, 6) is -1.21. The molecule has 7 nitrogen and oxygen atoms in total. The highest BCUT2D eigenvalue weighted by Crippen LogP contribution is 2.36. The fraction of sp³-hybridized carbons (Fsp3) is 0.438. The number of carboxylic acids is 1. The Hall–Kier alpha value is -2.06. The summed E-state index contributed by atoms with van der Waals surface area (Å²) >= 11 is 1.46. The summed E-state index contributed by atoms with van der Waals surface area (Å²) < 4.78 is 5.39. The summed E-state index contributed by atoms with van der Waals surface area (Å²) in [7, 11) is 0. The zero-order valence-corrected chi connectivity index (χ0v) is 14.0. The molecule has 2 atom stereocenters. The number of benzene rings is 1. The first-order valence-electron chi connectivity index (χ1n) is 7.68. The number of hydrogen-bond donors (Lipinski definition) is 2. The number of carbonyl (C=O) groups is 3. The minimum absolute atomic E-state index is 0.0787. The highest BCUT2D eigenvalue weighted by atomic mass is 32.2. The van der Waals surface area contributed by atoms with E-state index in [1.54, 1.807) is 17.0 Å². The fourth-order valence-corrected chi connectivity index (χ4v) is 3.68. The topological polar surface area (TPSA) is 95.9 Å². The van der Waals surface area contributed by atoms with E-state index in [1.807, 2.05) is 13.0 Å². The molecule has 2 N–H and O–H groups in total. The Morgan fingerprint density at radius 2 is 2.25 bits per heavy atom. The van der Waals surface area contributed by atoms with Gasteiger partial charge in [-0.15, -0.1) is 11.8 Å². The second-order valence-corrected chi connectivity index (χ2v) is 7.18. The molecule has 2 heterocycles. The van der Waals surface area contributed by atoms with Crippen molar-refractivity contribution >= 4 is 35.2 Å². The molecule has 128 valence electrons. The van der Waals surface area contributed by atoms with Gasteiger partial charge in [-0.05, 0) is 25.1 Å². The van der Waals surface area contributed by atoms with Crippen molar-refractivity contribution in [1.82, 2.24) is 4.90 Å². The summed E-state index contributed by atoms with van der Waals surface area (Å²) in [6.07, 6.45) is -0.618. The minimum atomic E-state index is -0.947. The van der Waals surface area contributed by atoms with Crippen molar-refractivity contribution in [2.45, 2.75) is 29.6 Å².